The average molecular weight is 190 g/mol. The molecular formula is C12H18N2. The van der Waals surface area contributed by atoms with Gasteiger partial charge in [0, 0.05) is 19.3 Å². The molecule has 2 nitrogen and oxygen atoms in total. The van der Waals surface area contributed by atoms with Gasteiger partial charge in [-0.15, -0.1) is 0 Å². The predicted molar refractivity (Wildman–Crippen MR) is 63.5 cm³/mol. The highest BCUT2D eigenvalue weighted by molar-refractivity contribution is 5.53. The Kier molecular flexibility index (Phi) is 4.17. The molecule has 0 heterocycles. The summed E-state index contributed by atoms with van der Waals surface area (Å²) in [5, 5.41) is 0. The highest BCUT2D eigenvalue weighted by atomic mass is 15.1. The Hall–Kier alpha value is -1.31. The van der Waals surface area contributed by atoms with Crippen molar-refractivity contribution < 1.29 is 0 Å². The van der Waals surface area contributed by atoms with Crippen molar-refractivity contribution in [3.8, 4) is 0 Å². The first-order valence-electron chi connectivity index (χ1n) is 5.01. The molecule has 2 heteroatoms. The van der Waals surface area contributed by atoms with Gasteiger partial charge in [-0.2, -0.15) is 0 Å². The van der Waals surface area contributed by atoms with Gasteiger partial charge in [0.1, 0.15) is 0 Å². The van der Waals surface area contributed by atoms with E-state index in [0.29, 0.717) is 0 Å². The quantitative estimate of drug-likeness (QED) is 0.651. The van der Waals surface area contributed by atoms with Crippen LogP contribution in [0.15, 0.2) is 29.3 Å². The van der Waals surface area contributed by atoms with Crippen LogP contribution in [0.3, 0.4) is 0 Å². The molecule has 0 aliphatic carbocycles. The van der Waals surface area contributed by atoms with E-state index in [4.69, 9.17) is 0 Å². The summed E-state index contributed by atoms with van der Waals surface area (Å²) in [4.78, 5) is 6.09. The molecule has 0 radical (unpaired) electrons. The van der Waals surface area contributed by atoms with Gasteiger partial charge in [0.2, 0.25) is 0 Å². The molecule has 0 aliphatic heterocycles. The molecule has 0 bridgehead atoms. The van der Waals surface area contributed by atoms with Crippen LogP contribution in [-0.4, -0.2) is 26.9 Å². The van der Waals surface area contributed by atoms with E-state index in [1.54, 1.807) is 0 Å². The van der Waals surface area contributed by atoms with E-state index < -0.39 is 0 Å². The maximum atomic E-state index is 3.86. The predicted octanol–water partition coefficient (Wildman–Crippen LogP) is 2.39. The molecule has 0 unspecified atom stereocenters. The summed E-state index contributed by atoms with van der Waals surface area (Å²) in [5.41, 5.74) is 2.69. The van der Waals surface area contributed by atoms with Crippen molar-refractivity contribution in [3.05, 3.63) is 29.8 Å². The van der Waals surface area contributed by atoms with Crippen molar-refractivity contribution in [1.29, 1.82) is 0 Å². The van der Waals surface area contributed by atoms with Gasteiger partial charge in [-0.05, 0) is 24.8 Å². The first kappa shape index (κ1) is 10.8. The Morgan fingerprint density at radius 2 is 2.07 bits per heavy atom. The van der Waals surface area contributed by atoms with E-state index in [1.165, 1.54) is 11.3 Å². The maximum absolute atomic E-state index is 3.86. The van der Waals surface area contributed by atoms with Crippen molar-refractivity contribution in [2.75, 3.05) is 25.0 Å². The minimum Gasteiger partial charge on any atom is -0.373 e. The van der Waals surface area contributed by atoms with Crippen LogP contribution in [0, 0.1) is 0 Å². The molecule has 1 aromatic rings. The fourth-order valence-corrected chi connectivity index (χ4v) is 1.52. The molecule has 0 atom stereocenters. The number of nitrogens with zero attached hydrogens (tertiary/aromatic N) is 2. The third-order valence-electron chi connectivity index (χ3n) is 2.38. The number of hydrogen-bond acceptors (Lipinski definition) is 2. The lowest BCUT2D eigenvalue weighted by Crippen LogP contribution is -2.21. The average Bonchev–Trinajstić information content (AvgIpc) is 2.25. The van der Waals surface area contributed by atoms with Gasteiger partial charge in [-0.3, -0.25) is 4.99 Å². The molecule has 0 aromatic heterocycles. The van der Waals surface area contributed by atoms with Gasteiger partial charge in [0.05, 0.1) is 6.54 Å². The second-order valence-corrected chi connectivity index (χ2v) is 3.35. The van der Waals surface area contributed by atoms with Crippen LogP contribution in [0.1, 0.15) is 12.5 Å². The molecule has 0 saturated heterocycles. The standard InChI is InChI=1S/C12H18N2/c1-4-11-7-5-6-8-12(11)14(3)10-9-13-2/h5-8H,2,4,9-10H2,1,3H3. The minimum atomic E-state index is 0.786. The van der Waals surface area contributed by atoms with Crippen LogP contribution in [0.2, 0.25) is 0 Å². The van der Waals surface area contributed by atoms with Crippen molar-refractivity contribution in [3.63, 3.8) is 0 Å². The van der Waals surface area contributed by atoms with E-state index in [0.717, 1.165) is 19.5 Å². The van der Waals surface area contributed by atoms with Gasteiger partial charge in [-0.25, -0.2) is 0 Å². The van der Waals surface area contributed by atoms with Gasteiger partial charge in [-0.1, -0.05) is 25.1 Å². The zero-order chi connectivity index (χ0) is 10.4. The molecule has 14 heavy (non-hydrogen) atoms. The molecule has 0 aliphatic rings. The summed E-state index contributed by atoms with van der Waals surface area (Å²) in [6, 6.07) is 8.49. The molecule has 0 saturated carbocycles. The van der Waals surface area contributed by atoms with Crippen LogP contribution in [0.5, 0.6) is 0 Å². The van der Waals surface area contributed by atoms with E-state index in [1.807, 2.05) is 0 Å². The Morgan fingerprint density at radius 3 is 2.71 bits per heavy atom. The molecule has 1 rings (SSSR count). The topological polar surface area (TPSA) is 15.6 Å². The molecule has 0 N–H and O–H groups in total. The third-order valence-corrected chi connectivity index (χ3v) is 2.38. The number of benzene rings is 1. The molecule has 76 valence electrons. The molecule has 0 spiro atoms. The van der Waals surface area contributed by atoms with Gasteiger partial charge in [0.25, 0.3) is 0 Å². The minimum absolute atomic E-state index is 0.786. The molecule has 1 aromatic carbocycles. The van der Waals surface area contributed by atoms with Crippen LogP contribution >= 0.6 is 0 Å². The summed E-state index contributed by atoms with van der Waals surface area (Å²) in [5.74, 6) is 0. The number of likely N-dealkylation sites (N-methyl/N-ethyl adjacent to an activating group) is 1. The zero-order valence-electron chi connectivity index (χ0n) is 9.03. The monoisotopic (exact) mass is 190 g/mol. The summed E-state index contributed by atoms with van der Waals surface area (Å²) in [6.07, 6.45) is 1.07. The van der Waals surface area contributed by atoms with Crippen molar-refractivity contribution >= 4 is 12.4 Å². The van der Waals surface area contributed by atoms with Crippen LogP contribution in [-0.2, 0) is 6.42 Å². The highest BCUT2D eigenvalue weighted by Crippen LogP contribution is 2.18. The third kappa shape index (κ3) is 2.59. The maximum Gasteiger partial charge on any atom is 0.0557 e. The zero-order valence-corrected chi connectivity index (χ0v) is 9.03. The fraction of sp³-hybridized carbons (Fsp3) is 0.417. The summed E-state index contributed by atoms with van der Waals surface area (Å²) in [6.45, 7) is 7.39. The van der Waals surface area contributed by atoms with E-state index in [2.05, 4.69) is 54.8 Å². The van der Waals surface area contributed by atoms with Gasteiger partial charge >= 0.3 is 0 Å². The van der Waals surface area contributed by atoms with Crippen LogP contribution < -0.4 is 4.90 Å². The number of hydrogen-bond donors (Lipinski definition) is 0. The number of anilines is 1. The Morgan fingerprint density at radius 1 is 1.36 bits per heavy atom. The lowest BCUT2D eigenvalue weighted by atomic mass is 10.1. The summed E-state index contributed by atoms with van der Waals surface area (Å²) < 4.78 is 0. The van der Waals surface area contributed by atoms with E-state index in [-0.39, 0.29) is 0 Å². The second-order valence-electron chi connectivity index (χ2n) is 3.35. The van der Waals surface area contributed by atoms with Crippen molar-refractivity contribution in [1.82, 2.24) is 0 Å². The Labute approximate surface area is 86.3 Å². The van der Waals surface area contributed by atoms with Gasteiger partial charge < -0.3 is 4.90 Å². The summed E-state index contributed by atoms with van der Waals surface area (Å²) in [7, 11) is 2.10. The largest absolute Gasteiger partial charge is 0.373 e. The highest BCUT2D eigenvalue weighted by Gasteiger charge is 2.03. The van der Waals surface area contributed by atoms with E-state index >= 15 is 0 Å². The van der Waals surface area contributed by atoms with Crippen LogP contribution in [0.4, 0.5) is 5.69 Å². The number of aryl methyl sites for hydroxylation is 1. The lowest BCUT2D eigenvalue weighted by Gasteiger charge is -2.21. The van der Waals surface area contributed by atoms with Crippen LogP contribution in [0.25, 0.3) is 0 Å². The summed E-state index contributed by atoms with van der Waals surface area (Å²) >= 11 is 0. The smallest absolute Gasteiger partial charge is 0.0557 e. The molecular weight excluding hydrogens is 172 g/mol. The Bertz CT molecular complexity index is 294. The first-order chi connectivity index (χ1) is 6.79. The molecule has 0 fully saturated rings. The number of rotatable bonds is 5. The lowest BCUT2D eigenvalue weighted by molar-refractivity contribution is 0.881. The molecule has 0 amide bonds. The SMILES string of the molecule is C=NCCN(C)c1ccccc1CC. The van der Waals surface area contributed by atoms with Gasteiger partial charge in [0.15, 0.2) is 0 Å². The second kappa shape index (κ2) is 5.43. The van der Waals surface area contributed by atoms with Crippen molar-refractivity contribution in [2.45, 2.75) is 13.3 Å². The Balaban J connectivity index is 2.77. The first-order valence-corrected chi connectivity index (χ1v) is 5.01. The fourth-order valence-electron chi connectivity index (χ4n) is 1.52. The number of para-hydroxylation sites is 1. The van der Waals surface area contributed by atoms with E-state index in [9.17, 15) is 0 Å². The van der Waals surface area contributed by atoms with Crippen molar-refractivity contribution in [2.24, 2.45) is 4.99 Å². The normalized spacial score (nSPS) is 9.86. The number of aliphatic imine (C=N–C) groups is 1.